The van der Waals surface area contributed by atoms with Gasteiger partial charge < -0.3 is 5.73 Å². The average molecular weight is 159 g/mol. The van der Waals surface area contributed by atoms with E-state index in [1.54, 1.807) is 0 Å². The molecule has 0 amide bonds. The molecule has 0 aliphatic rings. The zero-order valence-corrected chi connectivity index (χ0v) is 7.09. The summed E-state index contributed by atoms with van der Waals surface area (Å²) in [6.07, 6.45) is 2.75. The standard InChI is InChI=1S/C11H13N/c1-3-5-10-6-4-7-11(8-10)9(2)12/h3-4,6-8H,1-2,5,12H2. The van der Waals surface area contributed by atoms with Gasteiger partial charge in [-0.2, -0.15) is 0 Å². The summed E-state index contributed by atoms with van der Waals surface area (Å²) in [6, 6.07) is 8.01. The summed E-state index contributed by atoms with van der Waals surface area (Å²) in [6.45, 7) is 7.36. The molecule has 1 nitrogen and oxygen atoms in total. The molecule has 1 aromatic rings. The van der Waals surface area contributed by atoms with Crippen LogP contribution in [0.5, 0.6) is 0 Å². The lowest BCUT2D eigenvalue weighted by atomic mass is 10.1. The van der Waals surface area contributed by atoms with Crippen LogP contribution in [0.1, 0.15) is 11.1 Å². The van der Waals surface area contributed by atoms with Gasteiger partial charge in [0.1, 0.15) is 0 Å². The lowest BCUT2D eigenvalue weighted by molar-refractivity contribution is 1.27. The van der Waals surface area contributed by atoms with E-state index in [0.717, 1.165) is 12.0 Å². The van der Waals surface area contributed by atoms with Gasteiger partial charge in [0, 0.05) is 5.70 Å². The first-order valence-electron chi connectivity index (χ1n) is 3.88. The van der Waals surface area contributed by atoms with Crippen molar-refractivity contribution in [2.24, 2.45) is 5.73 Å². The van der Waals surface area contributed by atoms with Crippen molar-refractivity contribution in [1.82, 2.24) is 0 Å². The van der Waals surface area contributed by atoms with E-state index in [1.165, 1.54) is 5.56 Å². The van der Waals surface area contributed by atoms with Gasteiger partial charge in [-0.1, -0.05) is 30.9 Å². The Morgan fingerprint density at radius 2 is 2.25 bits per heavy atom. The molecule has 0 aliphatic heterocycles. The van der Waals surface area contributed by atoms with Gasteiger partial charge in [0.2, 0.25) is 0 Å². The minimum absolute atomic E-state index is 0.612. The van der Waals surface area contributed by atoms with Gasteiger partial charge in [-0.3, -0.25) is 0 Å². The van der Waals surface area contributed by atoms with E-state index in [-0.39, 0.29) is 0 Å². The maximum absolute atomic E-state index is 5.56. The molecule has 0 atom stereocenters. The molecule has 0 saturated heterocycles. The molecular formula is C11H13N. The fourth-order valence-corrected chi connectivity index (χ4v) is 1.06. The van der Waals surface area contributed by atoms with Gasteiger partial charge in [-0.05, 0) is 23.6 Å². The number of rotatable bonds is 3. The third kappa shape index (κ3) is 1.99. The topological polar surface area (TPSA) is 26.0 Å². The summed E-state index contributed by atoms with van der Waals surface area (Å²) >= 11 is 0. The van der Waals surface area contributed by atoms with Gasteiger partial charge in [-0.15, -0.1) is 6.58 Å². The third-order valence-corrected chi connectivity index (χ3v) is 1.68. The minimum atomic E-state index is 0.612. The highest BCUT2D eigenvalue weighted by Crippen LogP contribution is 2.10. The second-order valence-corrected chi connectivity index (χ2v) is 2.72. The van der Waals surface area contributed by atoms with E-state index in [4.69, 9.17) is 5.73 Å². The molecule has 0 fully saturated rings. The van der Waals surface area contributed by atoms with Crippen molar-refractivity contribution < 1.29 is 0 Å². The predicted octanol–water partition coefficient (Wildman–Crippen LogP) is 2.34. The number of benzene rings is 1. The number of nitrogens with two attached hydrogens (primary N) is 1. The zero-order chi connectivity index (χ0) is 8.97. The highest BCUT2D eigenvalue weighted by atomic mass is 14.6. The molecular weight excluding hydrogens is 146 g/mol. The molecule has 1 rings (SSSR count). The fourth-order valence-electron chi connectivity index (χ4n) is 1.06. The van der Waals surface area contributed by atoms with E-state index >= 15 is 0 Å². The third-order valence-electron chi connectivity index (χ3n) is 1.68. The van der Waals surface area contributed by atoms with Crippen LogP contribution in [-0.2, 0) is 6.42 Å². The monoisotopic (exact) mass is 159 g/mol. The van der Waals surface area contributed by atoms with E-state index in [0.29, 0.717) is 5.70 Å². The SMILES string of the molecule is C=CCc1cccc(C(=C)N)c1. The highest BCUT2D eigenvalue weighted by Gasteiger charge is 1.94. The molecule has 1 heteroatoms. The number of hydrogen-bond donors (Lipinski definition) is 1. The summed E-state index contributed by atoms with van der Waals surface area (Å²) in [5.74, 6) is 0. The molecule has 0 heterocycles. The van der Waals surface area contributed by atoms with E-state index in [2.05, 4.69) is 13.2 Å². The van der Waals surface area contributed by atoms with Crippen molar-refractivity contribution in [3.63, 3.8) is 0 Å². The van der Waals surface area contributed by atoms with Gasteiger partial charge in [0.15, 0.2) is 0 Å². The van der Waals surface area contributed by atoms with Crippen LogP contribution < -0.4 is 5.73 Å². The maximum Gasteiger partial charge on any atom is 0.0314 e. The molecule has 0 aromatic heterocycles. The molecule has 0 aliphatic carbocycles. The van der Waals surface area contributed by atoms with Crippen LogP contribution in [0.15, 0.2) is 43.5 Å². The summed E-state index contributed by atoms with van der Waals surface area (Å²) in [5.41, 5.74) is 8.38. The van der Waals surface area contributed by atoms with Crippen LogP contribution in [0.3, 0.4) is 0 Å². The number of hydrogen-bond acceptors (Lipinski definition) is 1. The molecule has 0 spiro atoms. The van der Waals surface area contributed by atoms with Gasteiger partial charge in [0.25, 0.3) is 0 Å². The van der Waals surface area contributed by atoms with Crippen LogP contribution in [0, 0.1) is 0 Å². The Morgan fingerprint density at radius 3 is 2.83 bits per heavy atom. The lowest BCUT2D eigenvalue weighted by Crippen LogP contribution is -1.94. The Morgan fingerprint density at radius 1 is 1.50 bits per heavy atom. The van der Waals surface area contributed by atoms with Crippen LogP contribution in [-0.4, -0.2) is 0 Å². The molecule has 12 heavy (non-hydrogen) atoms. The summed E-state index contributed by atoms with van der Waals surface area (Å²) in [7, 11) is 0. The van der Waals surface area contributed by atoms with Crippen molar-refractivity contribution in [2.45, 2.75) is 6.42 Å². The van der Waals surface area contributed by atoms with Gasteiger partial charge in [0.05, 0.1) is 0 Å². The second kappa shape index (κ2) is 3.77. The van der Waals surface area contributed by atoms with Gasteiger partial charge >= 0.3 is 0 Å². The van der Waals surface area contributed by atoms with Crippen LogP contribution >= 0.6 is 0 Å². The van der Waals surface area contributed by atoms with Crippen LogP contribution in [0.25, 0.3) is 5.70 Å². The lowest BCUT2D eigenvalue weighted by Gasteiger charge is -2.01. The quantitative estimate of drug-likeness (QED) is 0.673. The Balaban J connectivity index is 2.95. The van der Waals surface area contributed by atoms with E-state index in [9.17, 15) is 0 Å². The molecule has 62 valence electrons. The smallest absolute Gasteiger partial charge is 0.0314 e. The number of allylic oxidation sites excluding steroid dienone is 1. The summed E-state index contributed by atoms with van der Waals surface area (Å²) in [5, 5.41) is 0. The Labute approximate surface area is 73.2 Å². The first-order valence-corrected chi connectivity index (χ1v) is 3.88. The Kier molecular flexibility index (Phi) is 2.70. The average Bonchev–Trinajstić information content (AvgIpc) is 2.05. The van der Waals surface area contributed by atoms with Crippen molar-refractivity contribution in [2.75, 3.05) is 0 Å². The predicted molar refractivity (Wildman–Crippen MR) is 53.6 cm³/mol. The minimum Gasteiger partial charge on any atom is -0.399 e. The van der Waals surface area contributed by atoms with Crippen molar-refractivity contribution in [3.05, 3.63) is 54.6 Å². The molecule has 0 radical (unpaired) electrons. The summed E-state index contributed by atoms with van der Waals surface area (Å²) in [4.78, 5) is 0. The second-order valence-electron chi connectivity index (χ2n) is 2.72. The van der Waals surface area contributed by atoms with E-state index in [1.807, 2.05) is 30.3 Å². The zero-order valence-electron chi connectivity index (χ0n) is 7.09. The molecule has 2 N–H and O–H groups in total. The van der Waals surface area contributed by atoms with Crippen molar-refractivity contribution in [1.29, 1.82) is 0 Å². The molecule has 0 bridgehead atoms. The fraction of sp³-hybridized carbons (Fsp3) is 0.0909. The van der Waals surface area contributed by atoms with Crippen LogP contribution in [0.2, 0.25) is 0 Å². The maximum atomic E-state index is 5.56. The van der Waals surface area contributed by atoms with Crippen LogP contribution in [0.4, 0.5) is 0 Å². The molecule has 0 saturated carbocycles. The normalized spacial score (nSPS) is 9.33. The van der Waals surface area contributed by atoms with Gasteiger partial charge in [-0.25, -0.2) is 0 Å². The Bertz CT molecular complexity index is 300. The first-order chi connectivity index (χ1) is 5.74. The van der Waals surface area contributed by atoms with Crippen molar-refractivity contribution in [3.8, 4) is 0 Å². The molecule has 1 aromatic carbocycles. The summed E-state index contributed by atoms with van der Waals surface area (Å²) < 4.78 is 0. The first kappa shape index (κ1) is 8.60. The Hall–Kier alpha value is -1.50. The molecule has 0 unspecified atom stereocenters. The largest absolute Gasteiger partial charge is 0.399 e. The van der Waals surface area contributed by atoms with E-state index < -0.39 is 0 Å². The highest BCUT2D eigenvalue weighted by molar-refractivity contribution is 5.60. The van der Waals surface area contributed by atoms with Crippen molar-refractivity contribution >= 4 is 5.70 Å².